The molecule has 158 valence electrons. The van der Waals surface area contributed by atoms with E-state index in [-0.39, 0.29) is 24.0 Å². The Bertz CT molecular complexity index is 474. The van der Waals surface area contributed by atoms with Gasteiger partial charge in [-0.1, -0.05) is 6.08 Å². The monoisotopic (exact) mass is 426 g/mol. The Morgan fingerprint density at radius 2 is 1.96 bits per heavy atom. The van der Waals surface area contributed by atoms with Crippen molar-refractivity contribution in [3.05, 3.63) is 12.7 Å². The fourth-order valence-electron chi connectivity index (χ4n) is 2.56. The van der Waals surface area contributed by atoms with Crippen LogP contribution in [-0.4, -0.2) is 103 Å². The molecule has 9 nitrogen and oxygen atoms in total. The Balaban J connectivity index is 2.64. The first-order valence-electron chi connectivity index (χ1n) is 8.56. The molecule has 11 heteroatoms. The Kier molecular flexibility index (Phi) is 11.2. The maximum atomic E-state index is 11.4. The largest absolute Gasteiger partial charge is 0.389 e. The van der Waals surface area contributed by atoms with E-state index in [1.54, 1.807) is 6.08 Å². The number of aliphatic hydroxyl groups excluding tert-OH is 5. The van der Waals surface area contributed by atoms with E-state index in [1.165, 1.54) is 30.4 Å². The molecule has 1 fully saturated rings. The zero-order valence-corrected chi connectivity index (χ0v) is 16.8. The van der Waals surface area contributed by atoms with Crippen molar-refractivity contribution in [3.63, 3.8) is 0 Å². The van der Waals surface area contributed by atoms with E-state index >= 15 is 0 Å². The molecule has 0 aliphatic carbocycles. The van der Waals surface area contributed by atoms with Crippen LogP contribution in [0.4, 0.5) is 0 Å². The summed E-state index contributed by atoms with van der Waals surface area (Å²) in [7, 11) is 0. The molecule has 1 rings (SSSR count). The molecule has 0 bridgehead atoms. The second kappa shape index (κ2) is 12.2. The van der Waals surface area contributed by atoms with Crippen molar-refractivity contribution >= 4 is 29.4 Å². The third-order valence-corrected chi connectivity index (χ3v) is 6.35. The van der Waals surface area contributed by atoms with Crippen LogP contribution in [0.15, 0.2) is 12.7 Å². The van der Waals surface area contributed by atoms with Crippen LogP contribution in [-0.2, 0) is 9.53 Å². The van der Waals surface area contributed by atoms with Gasteiger partial charge in [0, 0.05) is 30.7 Å². The fourth-order valence-corrected chi connectivity index (χ4v) is 4.63. The molecule has 8 atom stereocenters. The molecule has 1 amide bonds. The number of carbonyl (C=O) groups is 1. The van der Waals surface area contributed by atoms with E-state index in [2.05, 4.69) is 11.9 Å². The molecule has 1 heterocycles. The van der Waals surface area contributed by atoms with E-state index in [9.17, 15) is 30.3 Å². The summed E-state index contributed by atoms with van der Waals surface area (Å²) in [6.45, 7) is 4.77. The SMILES string of the molecule is C=CCSC1O[C@H](CSC[C@@H](O)[C@H](O)[C@H](O)CN)[C@@H](O)[C@H](O)[C@H]1NC(C)=O. The van der Waals surface area contributed by atoms with E-state index in [0.717, 1.165) is 0 Å². The van der Waals surface area contributed by atoms with Crippen LogP contribution < -0.4 is 11.1 Å². The third kappa shape index (κ3) is 7.52. The molecule has 0 radical (unpaired) electrons. The minimum atomic E-state index is -1.37. The number of hydrogen-bond donors (Lipinski definition) is 7. The number of rotatable bonds is 11. The number of carbonyl (C=O) groups excluding carboxylic acids is 1. The number of nitrogens with two attached hydrogens (primary N) is 1. The molecule has 8 N–H and O–H groups in total. The summed E-state index contributed by atoms with van der Waals surface area (Å²) in [5.74, 6) is 0.507. The smallest absolute Gasteiger partial charge is 0.217 e. The van der Waals surface area contributed by atoms with Gasteiger partial charge in [-0.3, -0.25) is 4.79 Å². The van der Waals surface area contributed by atoms with Gasteiger partial charge in [0.05, 0.1) is 24.4 Å². The predicted octanol–water partition coefficient (Wildman–Crippen LogP) is -2.37. The molecule has 0 spiro atoms. The molecule has 0 aromatic rings. The van der Waals surface area contributed by atoms with Crippen LogP contribution in [0.1, 0.15) is 6.92 Å². The van der Waals surface area contributed by atoms with Gasteiger partial charge in [-0.25, -0.2) is 0 Å². The molecular weight excluding hydrogens is 396 g/mol. The zero-order valence-electron chi connectivity index (χ0n) is 15.2. The average Bonchev–Trinajstić information content (AvgIpc) is 2.64. The van der Waals surface area contributed by atoms with Crippen molar-refractivity contribution in [2.24, 2.45) is 5.73 Å². The van der Waals surface area contributed by atoms with Crippen LogP contribution in [0.2, 0.25) is 0 Å². The molecule has 1 aliphatic heterocycles. The maximum absolute atomic E-state index is 11.4. The topological polar surface area (TPSA) is 166 Å². The second-order valence-electron chi connectivity index (χ2n) is 6.27. The van der Waals surface area contributed by atoms with Gasteiger partial charge in [-0.2, -0.15) is 11.8 Å². The summed E-state index contributed by atoms with van der Waals surface area (Å²) >= 11 is 2.53. The standard InChI is InChI=1S/C16H30N2O7S2/c1-3-4-27-16-12(18-8(2)19)15(24)14(23)11(25-16)7-26-6-10(21)13(22)9(20)5-17/h3,9-16,20-24H,1,4-7,17H2,2H3,(H,18,19)/t9-,10-,11-,12-,13-,14-,15-,16?/m1/s1. The normalized spacial score (nSPS) is 31.7. The summed E-state index contributed by atoms with van der Waals surface area (Å²) in [5.41, 5.74) is 4.67. The predicted molar refractivity (Wildman–Crippen MR) is 105 cm³/mol. The van der Waals surface area contributed by atoms with E-state index in [4.69, 9.17) is 10.5 Å². The number of aliphatic hydroxyl groups is 5. The van der Waals surface area contributed by atoms with Crippen molar-refractivity contribution in [3.8, 4) is 0 Å². The third-order valence-electron chi connectivity index (χ3n) is 4.05. The van der Waals surface area contributed by atoms with Crippen LogP contribution >= 0.6 is 23.5 Å². The summed E-state index contributed by atoms with van der Waals surface area (Å²) in [4.78, 5) is 11.4. The van der Waals surface area contributed by atoms with Crippen molar-refractivity contribution in [2.75, 3.05) is 23.8 Å². The molecular formula is C16H30N2O7S2. The molecule has 0 aromatic heterocycles. The van der Waals surface area contributed by atoms with Gasteiger partial charge < -0.3 is 41.3 Å². The zero-order chi connectivity index (χ0) is 20.6. The molecule has 1 saturated heterocycles. The lowest BCUT2D eigenvalue weighted by Gasteiger charge is -2.42. The first-order chi connectivity index (χ1) is 12.7. The van der Waals surface area contributed by atoms with Gasteiger partial charge in [0.25, 0.3) is 0 Å². The highest BCUT2D eigenvalue weighted by Crippen LogP contribution is 2.30. The Labute approximate surface area is 167 Å². The molecule has 1 aliphatic rings. The summed E-state index contributed by atoms with van der Waals surface area (Å²) in [6, 6.07) is -0.768. The molecule has 0 aromatic carbocycles. The maximum Gasteiger partial charge on any atom is 0.217 e. The lowest BCUT2D eigenvalue weighted by atomic mass is 9.98. The van der Waals surface area contributed by atoms with Crippen LogP contribution in [0.25, 0.3) is 0 Å². The quantitative estimate of drug-likeness (QED) is 0.178. The van der Waals surface area contributed by atoms with Crippen molar-refractivity contribution in [1.82, 2.24) is 5.32 Å². The fraction of sp³-hybridized carbons (Fsp3) is 0.812. The molecule has 27 heavy (non-hydrogen) atoms. The van der Waals surface area contributed by atoms with Gasteiger partial charge in [0.15, 0.2) is 0 Å². The van der Waals surface area contributed by atoms with Gasteiger partial charge in [0.2, 0.25) is 5.91 Å². The summed E-state index contributed by atoms with van der Waals surface area (Å²) in [6.07, 6.45) is -5.31. The van der Waals surface area contributed by atoms with Crippen LogP contribution in [0, 0.1) is 0 Å². The van der Waals surface area contributed by atoms with Gasteiger partial charge in [-0.05, 0) is 0 Å². The number of hydrogen-bond acceptors (Lipinski definition) is 10. The molecule has 0 saturated carbocycles. The number of amides is 1. The number of nitrogens with one attached hydrogen (secondary N) is 1. The lowest BCUT2D eigenvalue weighted by Crippen LogP contribution is -2.63. The van der Waals surface area contributed by atoms with E-state index < -0.39 is 48.1 Å². The van der Waals surface area contributed by atoms with Gasteiger partial charge in [0.1, 0.15) is 23.7 Å². The van der Waals surface area contributed by atoms with Crippen molar-refractivity contribution in [1.29, 1.82) is 0 Å². The van der Waals surface area contributed by atoms with Crippen molar-refractivity contribution < 1.29 is 35.1 Å². The summed E-state index contributed by atoms with van der Waals surface area (Å²) < 4.78 is 5.85. The van der Waals surface area contributed by atoms with Gasteiger partial charge >= 0.3 is 0 Å². The Morgan fingerprint density at radius 1 is 1.30 bits per heavy atom. The number of ether oxygens (including phenoxy) is 1. The lowest BCUT2D eigenvalue weighted by molar-refractivity contribution is -0.156. The Hall–Kier alpha value is -0.370. The first-order valence-corrected chi connectivity index (χ1v) is 10.8. The first kappa shape index (κ1) is 24.7. The van der Waals surface area contributed by atoms with E-state index in [0.29, 0.717) is 5.75 Å². The summed E-state index contributed by atoms with van der Waals surface area (Å²) in [5, 5.41) is 52.4. The minimum Gasteiger partial charge on any atom is -0.389 e. The highest BCUT2D eigenvalue weighted by Gasteiger charge is 2.44. The molecule has 1 unspecified atom stereocenters. The average molecular weight is 427 g/mol. The highest BCUT2D eigenvalue weighted by molar-refractivity contribution is 8.00. The second-order valence-corrected chi connectivity index (χ2v) is 8.48. The number of thioether (sulfide) groups is 2. The Morgan fingerprint density at radius 3 is 2.52 bits per heavy atom. The highest BCUT2D eigenvalue weighted by atomic mass is 32.2. The van der Waals surface area contributed by atoms with Crippen LogP contribution in [0.3, 0.4) is 0 Å². The van der Waals surface area contributed by atoms with E-state index in [1.807, 2.05) is 0 Å². The van der Waals surface area contributed by atoms with Gasteiger partial charge in [-0.15, -0.1) is 18.3 Å². The minimum absolute atomic E-state index is 0.0838. The van der Waals surface area contributed by atoms with Crippen molar-refractivity contribution in [2.45, 2.75) is 55.0 Å². The van der Waals surface area contributed by atoms with Crippen LogP contribution in [0.5, 0.6) is 0 Å².